The number of hydrogen-bond acceptors (Lipinski definition) is 4. The Morgan fingerprint density at radius 3 is 2.00 bits per heavy atom. The molecule has 6 heteroatoms. The third-order valence-electron chi connectivity index (χ3n) is 4.48. The zero-order chi connectivity index (χ0) is 20.1. The fourth-order valence-corrected chi connectivity index (χ4v) is 4.17. The highest BCUT2D eigenvalue weighted by Crippen LogP contribution is 2.31. The van der Waals surface area contributed by atoms with Crippen molar-refractivity contribution in [2.75, 3.05) is 14.2 Å². The van der Waals surface area contributed by atoms with Crippen LogP contribution in [0.25, 0.3) is 0 Å². The highest BCUT2D eigenvalue weighted by Gasteiger charge is 2.24. The number of ether oxygens (including phenoxy) is 2. The summed E-state index contributed by atoms with van der Waals surface area (Å²) in [7, 11) is -0.829. The molecule has 3 rings (SSSR count). The summed E-state index contributed by atoms with van der Waals surface area (Å²) in [6.45, 7) is 2.00. The van der Waals surface area contributed by atoms with Crippen LogP contribution in [0.3, 0.4) is 0 Å². The summed E-state index contributed by atoms with van der Waals surface area (Å²) in [4.78, 5) is 0.109. The molecule has 0 aliphatic heterocycles. The molecule has 0 bridgehead atoms. The fraction of sp³-hybridized carbons (Fsp3) is 0.182. The second-order valence-electron chi connectivity index (χ2n) is 6.39. The molecule has 5 nitrogen and oxygen atoms in total. The van der Waals surface area contributed by atoms with Gasteiger partial charge in [-0.05, 0) is 30.2 Å². The van der Waals surface area contributed by atoms with Crippen LogP contribution >= 0.6 is 0 Å². The Bertz CT molecular complexity index is 1030. The summed E-state index contributed by atoms with van der Waals surface area (Å²) in [6.07, 6.45) is 0. The molecule has 0 fully saturated rings. The van der Waals surface area contributed by atoms with Crippen molar-refractivity contribution in [1.29, 1.82) is 0 Å². The lowest BCUT2D eigenvalue weighted by molar-refractivity contribution is 0.354. The molecule has 0 radical (unpaired) electrons. The lowest BCUT2D eigenvalue weighted by Crippen LogP contribution is -2.29. The van der Waals surface area contributed by atoms with Crippen LogP contribution in [0.4, 0.5) is 0 Å². The molecule has 0 saturated heterocycles. The Labute approximate surface area is 166 Å². The smallest absolute Gasteiger partial charge is 0.241 e. The molecule has 0 spiro atoms. The van der Waals surface area contributed by atoms with Gasteiger partial charge in [0.1, 0.15) is 0 Å². The Hall–Kier alpha value is -2.83. The first kappa shape index (κ1) is 19.9. The first-order valence-corrected chi connectivity index (χ1v) is 10.3. The molecule has 3 aromatic rings. The van der Waals surface area contributed by atoms with Gasteiger partial charge in [0.15, 0.2) is 11.5 Å². The van der Waals surface area contributed by atoms with Gasteiger partial charge in [-0.2, -0.15) is 4.72 Å². The largest absolute Gasteiger partial charge is 0.493 e. The summed E-state index contributed by atoms with van der Waals surface area (Å²) >= 11 is 0. The maximum Gasteiger partial charge on any atom is 0.241 e. The van der Waals surface area contributed by atoms with Gasteiger partial charge in [0, 0.05) is 6.07 Å². The standard InChI is InChI=1S/C22H23NO4S/c1-16-9-11-18(12-10-16)22(17-7-5-4-6-8-17)23-28(24,25)19-13-14-20(26-2)21(15-19)27-3/h4-15,22-23H,1-3H3/t22-/m0/s1. The summed E-state index contributed by atoms with van der Waals surface area (Å²) in [5.74, 6) is 0.830. The van der Waals surface area contributed by atoms with Crippen molar-refractivity contribution in [1.82, 2.24) is 4.72 Å². The minimum absolute atomic E-state index is 0.109. The summed E-state index contributed by atoms with van der Waals surface area (Å²) in [5, 5.41) is 0. The number of hydrogen-bond donors (Lipinski definition) is 1. The lowest BCUT2D eigenvalue weighted by atomic mass is 9.99. The van der Waals surface area contributed by atoms with Crippen LogP contribution in [0.2, 0.25) is 0 Å². The number of benzene rings is 3. The van der Waals surface area contributed by atoms with E-state index in [-0.39, 0.29) is 4.90 Å². The van der Waals surface area contributed by atoms with E-state index in [1.165, 1.54) is 26.4 Å². The first-order valence-electron chi connectivity index (χ1n) is 8.80. The van der Waals surface area contributed by atoms with Gasteiger partial charge in [-0.25, -0.2) is 8.42 Å². The number of sulfonamides is 1. The molecule has 0 saturated carbocycles. The van der Waals surface area contributed by atoms with Crippen LogP contribution in [-0.4, -0.2) is 22.6 Å². The monoisotopic (exact) mass is 397 g/mol. The van der Waals surface area contributed by atoms with Crippen molar-refractivity contribution in [2.24, 2.45) is 0 Å². The zero-order valence-corrected chi connectivity index (χ0v) is 16.9. The summed E-state index contributed by atoms with van der Waals surface area (Å²) in [5.41, 5.74) is 2.83. The van der Waals surface area contributed by atoms with E-state index in [1.807, 2.05) is 61.5 Å². The predicted molar refractivity (Wildman–Crippen MR) is 109 cm³/mol. The van der Waals surface area contributed by atoms with Gasteiger partial charge in [0.05, 0.1) is 25.2 Å². The van der Waals surface area contributed by atoms with Gasteiger partial charge < -0.3 is 9.47 Å². The Balaban J connectivity index is 2.01. The maximum absolute atomic E-state index is 13.1. The van der Waals surface area contributed by atoms with Crippen LogP contribution < -0.4 is 14.2 Å². The van der Waals surface area contributed by atoms with Crippen molar-refractivity contribution in [3.63, 3.8) is 0 Å². The van der Waals surface area contributed by atoms with Crippen LogP contribution in [0.15, 0.2) is 77.7 Å². The fourth-order valence-electron chi connectivity index (χ4n) is 2.94. The molecule has 3 aromatic carbocycles. The van der Waals surface area contributed by atoms with Crippen LogP contribution in [0.5, 0.6) is 11.5 Å². The second-order valence-corrected chi connectivity index (χ2v) is 8.11. The summed E-state index contributed by atoms with van der Waals surface area (Å²) in [6, 6.07) is 21.3. The normalized spacial score (nSPS) is 12.4. The first-order chi connectivity index (χ1) is 13.4. The minimum Gasteiger partial charge on any atom is -0.493 e. The highest BCUT2D eigenvalue weighted by molar-refractivity contribution is 7.89. The third-order valence-corrected chi connectivity index (χ3v) is 5.90. The van der Waals surface area contributed by atoms with E-state index in [2.05, 4.69) is 4.72 Å². The number of methoxy groups -OCH3 is 2. The van der Waals surface area contributed by atoms with Gasteiger partial charge in [-0.3, -0.25) is 0 Å². The quantitative estimate of drug-likeness (QED) is 0.652. The van der Waals surface area contributed by atoms with Gasteiger partial charge in [0.25, 0.3) is 0 Å². The molecule has 0 heterocycles. The molecular weight excluding hydrogens is 374 g/mol. The van der Waals surface area contributed by atoms with E-state index >= 15 is 0 Å². The van der Waals surface area contributed by atoms with Crippen molar-refractivity contribution in [2.45, 2.75) is 17.9 Å². The Morgan fingerprint density at radius 2 is 1.39 bits per heavy atom. The number of nitrogens with one attached hydrogen (secondary N) is 1. The molecule has 1 N–H and O–H groups in total. The number of aryl methyl sites for hydroxylation is 1. The van der Waals surface area contributed by atoms with Crippen LogP contribution in [0.1, 0.15) is 22.7 Å². The summed E-state index contributed by atoms with van der Waals surface area (Å²) < 4.78 is 39.5. The average molecular weight is 397 g/mol. The Kier molecular flexibility index (Phi) is 6.02. The van der Waals surface area contributed by atoms with E-state index in [1.54, 1.807) is 6.07 Å². The van der Waals surface area contributed by atoms with E-state index in [9.17, 15) is 8.42 Å². The topological polar surface area (TPSA) is 64.6 Å². The van der Waals surface area contributed by atoms with Gasteiger partial charge in [0.2, 0.25) is 10.0 Å². The molecule has 0 aliphatic carbocycles. The van der Waals surface area contributed by atoms with Gasteiger partial charge in [-0.15, -0.1) is 0 Å². The predicted octanol–water partition coefficient (Wildman–Crippen LogP) is 4.08. The van der Waals surface area contributed by atoms with Gasteiger partial charge in [-0.1, -0.05) is 60.2 Å². The SMILES string of the molecule is COc1ccc(S(=O)(=O)N[C@@H](c2ccccc2)c2ccc(C)cc2)cc1OC. The molecule has 1 atom stereocenters. The molecule has 0 unspecified atom stereocenters. The number of rotatable bonds is 7. The molecular formula is C22H23NO4S. The maximum atomic E-state index is 13.1. The van der Waals surface area contributed by atoms with E-state index in [4.69, 9.17) is 9.47 Å². The zero-order valence-electron chi connectivity index (χ0n) is 16.0. The van der Waals surface area contributed by atoms with E-state index in [0.29, 0.717) is 11.5 Å². The molecule has 28 heavy (non-hydrogen) atoms. The highest BCUT2D eigenvalue weighted by atomic mass is 32.2. The van der Waals surface area contributed by atoms with Crippen molar-refractivity contribution < 1.29 is 17.9 Å². The Morgan fingerprint density at radius 1 is 0.786 bits per heavy atom. The lowest BCUT2D eigenvalue weighted by Gasteiger charge is -2.20. The van der Waals surface area contributed by atoms with Crippen molar-refractivity contribution in [3.8, 4) is 11.5 Å². The molecule has 146 valence electrons. The average Bonchev–Trinajstić information content (AvgIpc) is 2.73. The van der Waals surface area contributed by atoms with E-state index < -0.39 is 16.1 Å². The molecule has 0 amide bonds. The minimum atomic E-state index is -3.81. The second kappa shape index (κ2) is 8.46. The third kappa shape index (κ3) is 4.35. The van der Waals surface area contributed by atoms with Crippen LogP contribution in [-0.2, 0) is 10.0 Å². The van der Waals surface area contributed by atoms with E-state index in [0.717, 1.165) is 16.7 Å². The van der Waals surface area contributed by atoms with Crippen molar-refractivity contribution in [3.05, 3.63) is 89.5 Å². The molecule has 0 aliphatic rings. The van der Waals surface area contributed by atoms with Gasteiger partial charge >= 0.3 is 0 Å². The molecule has 0 aromatic heterocycles. The van der Waals surface area contributed by atoms with Crippen molar-refractivity contribution >= 4 is 10.0 Å². The van der Waals surface area contributed by atoms with Crippen LogP contribution in [0, 0.1) is 6.92 Å².